The van der Waals surface area contributed by atoms with Gasteiger partial charge in [0.1, 0.15) is 5.75 Å². The Bertz CT molecular complexity index is 625. The first-order chi connectivity index (χ1) is 9.74. The normalized spacial score (nSPS) is 18.9. The minimum absolute atomic E-state index is 0.290. The SMILES string of the molecule is Nc1ccc(S(=O)CC2CCOc3ccccc32)cc1. The van der Waals surface area contributed by atoms with Gasteiger partial charge in [-0.2, -0.15) is 0 Å². The second-order valence-corrected chi connectivity index (χ2v) is 6.45. The molecule has 0 amide bonds. The zero-order chi connectivity index (χ0) is 13.9. The van der Waals surface area contributed by atoms with Gasteiger partial charge in [-0.1, -0.05) is 18.2 Å². The van der Waals surface area contributed by atoms with E-state index in [2.05, 4.69) is 6.07 Å². The van der Waals surface area contributed by atoms with Gasteiger partial charge in [-0.3, -0.25) is 4.21 Å². The van der Waals surface area contributed by atoms with Crippen LogP contribution in [0.2, 0.25) is 0 Å². The Balaban J connectivity index is 1.79. The Morgan fingerprint density at radius 1 is 1.15 bits per heavy atom. The molecule has 0 radical (unpaired) electrons. The lowest BCUT2D eigenvalue weighted by atomic mass is 9.95. The summed E-state index contributed by atoms with van der Waals surface area (Å²) in [5.74, 6) is 1.85. The maximum absolute atomic E-state index is 12.5. The molecule has 2 aromatic rings. The zero-order valence-electron chi connectivity index (χ0n) is 11.1. The fourth-order valence-electron chi connectivity index (χ4n) is 2.49. The molecule has 2 aromatic carbocycles. The Hall–Kier alpha value is -1.81. The van der Waals surface area contributed by atoms with Crippen molar-refractivity contribution in [2.24, 2.45) is 0 Å². The molecular formula is C16H17NO2S. The lowest BCUT2D eigenvalue weighted by molar-refractivity contribution is 0.273. The van der Waals surface area contributed by atoms with Crippen LogP contribution in [0.15, 0.2) is 53.4 Å². The van der Waals surface area contributed by atoms with E-state index in [1.165, 1.54) is 5.56 Å². The second kappa shape index (κ2) is 5.67. The van der Waals surface area contributed by atoms with E-state index in [0.29, 0.717) is 24.0 Å². The van der Waals surface area contributed by atoms with E-state index in [9.17, 15) is 4.21 Å². The average Bonchev–Trinajstić information content (AvgIpc) is 2.48. The molecule has 0 spiro atoms. The Kier molecular flexibility index (Phi) is 3.74. The summed E-state index contributed by atoms with van der Waals surface area (Å²) in [6, 6.07) is 15.3. The number of hydrogen-bond donors (Lipinski definition) is 1. The van der Waals surface area contributed by atoms with Crippen molar-refractivity contribution in [3.05, 3.63) is 54.1 Å². The molecule has 3 nitrogen and oxygen atoms in total. The van der Waals surface area contributed by atoms with Crippen LogP contribution in [-0.2, 0) is 10.8 Å². The topological polar surface area (TPSA) is 52.3 Å². The van der Waals surface area contributed by atoms with Crippen LogP contribution in [0, 0.1) is 0 Å². The number of benzene rings is 2. The van der Waals surface area contributed by atoms with E-state index in [4.69, 9.17) is 10.5 Å². The van der Waals surface area contributed by atoms with Crippen LogP contribution in [0.1, 0.15) is 17.9 Å². The van der Waals surface area contributed by atoms with Crippen molar-refractivity contribution in [1.82, 2.24) is 0 Å². The summed E-state index contributed by atoms with van der Waals surface area (Å²) in [5.41, 5.74) is 7.52. The van der Waals surface area contributed by atoms with E-state index < -0.39 is 10.8 Å². The van der Waals surface area contributed by atoms with Gasteiger partial charge in [0.2, 0.25) is 0 Å². The molecule has 104 valence electrons. The third-order valence-corrected chi connectivity index (χ3v) is 5.08. The van der Waals surface area contributed by atoms with E-state index in [1.807, 2.05) is 30.3 Å². The molecule has 0 fully saturated rings. The van der Waals surface area contributed by atoms with Crippen molar-refractivity contribution in [1.29, 1.82) is 0 Å². The highest BCUT2D eigenvalue weighted by Gasteiger charge is 2.23. The van der Waals surface area contributed by atoms with Crippen LogP contribution < -0.4 is 10.5 Å². The van der Waals surface area contributed by atoms with Crippen LogP contribution in [0.3, 0.4) is 0 Å². The van der Waals surface area contributed by atoms with E-state index >= 15 is 0 Å². The molecule has 0 saturated carbocycles. The Morgan fingerprint density at radius 3 is 2.70 bits per heavy atom. The molecule has 0 aliphatic carbocycles. The largest absolute Gasteiger partial charge is 0.493 e. The quantitative estimate of drug-likeness (QED) is 0.883. The van der Waals surface area contributed by atoms with Gasteiger partial charge in [0, 0.05) is 22.3 Å². The third kappa shape index (κ3) is 2.70. The van der Waals surface area contributed by atoms with Gasteiger partial charge in [0.15, 0.2) is 0 Å². The van der Waals surface area contributed by atoms with Crippen LogP contribution >= 0.6 is 0 Å². The van der Waals surface area contributed by atoms with Crippen molar-refractivity contribution >= 4 is 16.5 Å². The minimum Gasteiger partial charge on any atom is -0.493 e. The minimum atomic E-state index is -1.01. The van der Waals surface area contributed by atoms with Gasteiger partial charge in [-0.05, 0) is 42.3 Å². The van der Waals surface area contributed by atoms with Crippen LogP contribution in [0.4, 0.5) is 5.69 Å². The maximum Gasteiger partial charge on any atom is 0.122 e. The summed E-state index contributed by atoms with van der Waals surface area (Å²) in [4.78, 5) is 0.836. The molecule has 2 atom stereocenters. The molecule has 0 aromatic heterocycles. The first kappa shape index (κ1) is 13.2. The van der Waals surface area contributed by atoms with Crippen molar-refractivity contribution in [2.75, 3.05) is 18.1 Å². The van der Waals surface area contributed by atoms with Gasteiger partial charge in [0.25, 0.3) is 0 Å². The van der Waals surface area contributed by atoms with Gasteiger partial charge in [-0.25, -0.2) is 0 Å². The summed E-state index contributed by atoms with van der Waals surface area (Å²) >= 11 is 0. The van der Waals surface area contributed by atoms with Crippen molar-refractivity contribution in [2.45, 2.75) is 17.2 Å². The summed E-state index contributed by atoms with van der Waals surface area (Å²) < 4.78 is 18.1. The third-order valence-electron chi connectivity index (χ3n) is 3.58. The number of rotatable bonds is 3. The van der Waals surface area contributed by atoms with E-state index in [0.717, 1.165) is 17.1 Å². The zero-order valence-corrected chi connectivity index (χ0v) is 11.9. The number of nitrogen functional groups attached to an aromatic ring is 1. The van der Waals surface area contributed by atoms with Gasteiger partial charge in [-0.15, -0.1) is 0 Å². The molecule has 3 rings (SSSR count). The number of anilines is 1. The Morgan fingerprint density at radius 2 is 1.90 bits per heavy atom. The molecule has 4 heteroatoms. The molecule has 1 aliphatic rings. The summed E-state index contributed by atoms with van der Waals surface area (Å²) in [7, 11) is -1.01. The van der Waals surface area contributed by atoms with Crippen molar-refractivity contribution in [3.63, 3.8) is 0 Å². The monoisotopic (exact) mass is 287 g/mol. The standard InChI is InChI=1S/C16H17NO2S/c17-13-5-7-14(8-6-13)20(18)11-12-9-10-19-16-4-2-1-3-15(12)16/h1-8,12H,9-11,17H2. The smallest absolute Gasteiger partial charge is 0.122 e. The van der Waals surface area contributed by atoms with Crippen molar-refractivity contribution in [3.8, 4) is 5.75 Å². The maximum atomic E-state index is 12.5. The fraction of sp³-hybridized carbons (Fsp3) is 0.250. The van der Waals surface area contributed by atoms with Crippen LogP contribution in [0.5, 0.6) is 5.75 Å². The van der Waals surface area contributed by atoms with Gasteiger partial charge in [0.05, 0.1) is 17.4 Å². The number of hydrogen-bond acceptors (Lipinski definition) is 3. The number of ether oxygens (including phenoxy) is 1. The second-order valence-electron chi connectivity index (χ2n) is 4.95. The predicted molar refractivity (Wildman–Crippen MR) is 81.4 cm³/mol. The molecule has 0 saturated heterocycles. The number of nitrogens with two attached hydrogens (primary N) is 1. The molecule has 1 heterocycles. The highest BCUT2D eigenvalue weighted by atomic mass is 32.2. The van der Waals surface area contributed by atoms with E-state index in [-0.39, 0.29) is 0 Å². The van der Waals surface area contributed by atoms with Gasteiger partial charge < -0.3 is 10.5 Å². The first-order valence-electron chi connectivity index (χ1n) is 6.69. The van der Waals surface area contributed by atoms with E-state index in [1.54, 1.807) is 12.1 Å². The lowest BCUT2D eigenvalue weighted by Gasteiger charge is -2.25. The number of para-hydroxylation sites is 1. The average molecular weight is 287 g/mol. The Labute approximate surface area is 121 Å². The van der Waals surface area contributed by atoms with Crippen molar-refractivity contribution < 1.29 is 8.95 Å². The van der Waals surface area contributed by atoms with Gasteiger partial charge >= 0.3 is 0 Å². The van der Waals surface area contributed by atoms with Crippen LogP contribution in [0.25, 0.3) is 0 Å². The lowest BCUT2D eigenvalue weighted by Crippen LogP contribution is -2.19. The molecule has 2 N–H and O–H groups in total. The highest BCUT2D eigenvalue weighted by molar-refractivity contribution is 7.85. The summed E-state index contributed by atoms with van der Waals surface area (Å²) in [5, 5.41) is 0. The molecule has 2 unspecified atom stereocenters. The first-order valence-corrected chi connectivity index (χ1v) is 8.01. The predicted octanol–water partition coefficient (Wildman–Crippen LogP) is 2.94. The fourth-order valence-corrected chi connectivity index (χ4v) is 3.83. The molecular weight excluding hydrogens is 270 g/mol. The molecule has 0 bridgehead atoms. The molecule has 1 aliphatic heterocycles. The highest BCUT2D eigenvalue weighted by Crippen LogP contribution is 2.34. The van der Waals surface area contributed by atoms with Crippen LogP contribution in [-0.4, -0.2) is 16.6 Å². The summed E-state index contributed by atoms with van der Waals surface area (Å²) in [6.45, 7) is 0.695. The number of fused-ring (bicyclic) bond motifs is 1. The molecule has 20 heavy (non-hydrogen) atoms. The summed E-state index contributed by atoms with van der Waals surface area (Å²) in [6.07, 6.45) is 0.914.